The van der Waals surface area contributed by atoms with Crippen molar-refractivity contribution >= 4 is 5.97 Å². The van der Waals surface area contributed by atoms with E-state index in [0.29, 0.717) is 6.42 Å². The Labute approximate surface area is 247 Å². The van der Waals surface area contributed by atoms with Crippen LogP contribution < -0.4 is 5.73 Å². The smallest absolute Gasteiger partial charge is 0.303 e. The van der Waals surface area contributed by atoms with Crippen LogP contribution in [0.15, 0.2) is 0 Å². The van der Waals surface area contributed by atoms with Crippen molar-refractivity contribution in [1.29, 1.82) is 0 Å². The molecule has 0 aliphatic carbocycles. The SMILES string of the molecule is CCCCCCCCCCCCCCCCCC(=O)O.CCCCCCCCCCCCCCCCCCN. The number of carboxylic acid groups (broad SMARTS) is 1. The zero-order chi connectivity index (χ0) is 28.9. The topological polar surface area (TPSA) is 63.3 Å². The van der Waals surface area contributed by atoms with E-state index in [4.69, 9.17) is 10.8 Å². The molecule has 0 rings (SSSR count). The number of hydrogen-bond acceptors (Lipinski definition) is 2. The number of rotatable bonds is 32. The van der Waals surface area contributed by atoms with E-state index in [2.05, 4.69) is 13.8 Å². The molecule has 236 valence electrons. The molecule has 0 aromatic carbocycles. The van der Waals surface area contributed by atoms with Crippen LogP contribution in [0, 0.1) is 0 Å². The largest absolute Gasteiger partial charge is 0.481 e. The van der Waals surface area contributed by atoms with E-state index < -0.39 is 5.97 Å². The number of carboxylic acids is 1. The van der Waals surface area contributed by atoms with Gasteiger partial charge in [0, 0.05) is 6.42 Å². The summed E-state index contributed by atoms with van der Waals surface area (Å²) in [5, 5.41) is 8.52. The highest BCUT2D eigenvalue weighted by Crippen LogP contribution is 2.15. The molecular formula is C36H75NO2. The Balaban J connectivity index is 0. The fourth-order valence-corrected chi connectivity index (χ4v) is 5.34. The Kier molecular flexibility index (Phi) is 41.2. The molecule has 0 aliphatic rings. The van der Waals surface area contributed by atoms with Crippen LogP contribution in [0.1, 0.15) is 219 Å². The van der Waals surface area contributed by atoms with Crippen LogP contribution >= 0.6 is 0 Å². The Morgan fingerprint density at radius 1 is 0.385 bits per heavy atom. The van der Waals surface area contributed by atoms with Crippen molar-refractivity contribution in [2.45, 2.75) is 219 Å². The molecule has 0 atom stereocenters. The molecule has 0 aliphatic heterocycles. The van der Waals surface area contributed by atoms with Crippen LogP contribution in [0.4, 0.5) is 0 Å². The number of nitrogens with two attached hydrogens (primary N) is 1. The van der Waals surface area contributed by atoms with Gasteiger partial charge in [0.25, 0.3) is 0 Å². The monoisotopic (exact) mass is 554 g/mol. The summed E-state index contributed by atoms with van der Waals surface area (Å²) in [7, 11) is 0. The molecule has 39 heavy (non-hydrogen) atoms. The molecule has 0 amide bonds. The highest BCUT2D eigenvalue weighted by Gasteiger charge is 1.97. The van der Waals surface area contributed by atoms with Gasteiger partial charge >= 0.3 is 5.97 Å². The molecular weight excluding hydrogens is 478 g/mol. The maximum absolute atomic E-state index is 10.3. The molecule has 3 N–H and O–H groups in total. The first-order valence-corrected chi connectivity index (χ1v) is 18.1. The third-order valence-corrected chi connectivity index (χ3v) is 8.05. The summed E-state index contributed by atoms with van der Waals surface area (Å²) in [6, 6.07) is 0. The van der Waals surface area contributed by atoms with Gasteiger partial charge < -0.3 is 10.8 Å². The lowest BCUT2D eigenvalue weighted by Crippen LogP contribution is -1.97. The third-order valence-electron chi connectivity index (χ3n) is 8.05. The van der Waals surface area contributed by atoms with Gasteiger partial charge in [-0.15, -0.1) is 0 Å². The van der Waals surface area contributed by atoms with Crippen LogP contribution in [0.5, 0.6) is 0 Å². The maximum atomic E-state index is 10.3. The summed E-state index contributed by atoms with van der Waals surface area (Å²) in [6.07, 6.45) is 43.1. The lowest BCUT2D eigenvalue weighted by molar-refractivity contribution is -0.137. The van der Waals surface area contributed by atoms with Gasteiger partial charge in [0.2, 0.25) is 0 Å². The van der Waals surface area contributed by atoms with E-state index in [1.54, 1.807) is 0 Å². The Bertz CT molecular complexity index is 410. The molecule has 0 heterocycles. The van der Waals surface area contributed by atoms with E-state index in [-0.39, 0.29) is 0 Å². The number of hydrogen-bond donors (Lipinski definition) is 2. The van der Waals surface area contributed by atoms with Crippen molar-refractivity contribution in [2.24, 2.45) is 5.73 Å². The zero-order valence-electron chi connectivity index (χ0n) is 27.3. The van der Waals surface area contributed by atoms with Gasteiger partial charge in [0.05, 0.1) is 0 Å². The fourth-order valence-electron chi connectivity index (χ4n) is 5.34. The third kappa shape index (κ3) is 44.7. The van der Waals surface area contributed by atoms with Gasteiger partial charge in [-0.25, -0.2) is 0 Å². The van der Waals surface area contributed by atoms with E-state index >= 15 is 0 Å². The molecule has 3 nitrogen and oxygen atoms in total. The molecule has 0 spiro atoms. The lowest BCUT2D eigenvalue weighted by atomic mass is 10.0. The second-order valence-corrected chi connectivity index (χ2v) is 12.2. The normalized spacial score (nSPS) is 10.9. The van der Waals surface area contributed by atoms with Gasteiger partial charge in [-0.1, -0.05) is 200 Å². The molecule has 0 saturated heterocycles. The predicted octanol–water partition coefficient (Wildman–Crippen LogP) is 12.5. The van der Waals surface area contributed by atoms with Crippen molar-refractivity contribution < 1.29 is 9.90 Å². The van der Waals surface area contributed by atoms with Gasteiger partial charge in [0.15, 0.2) is 0 Å². The number of carbonyl (C=O) groups is 1. The van der Waals surface area contributed by atoms with Crippen molar-refractivity contribution in [3.8, 4) is 0 Å². The molecule has 0 radical (unpaired) electrons. The van der Waals surface area contributed by atoms with E-state index in [1.165, 1.54) is 186 Å². The second kappa shape index (κ2) is 39.6. The van der Waals surface area contributed by atoms with Crippen LogP contribution in [0.2, 0.25) is 0 Å². The summed E-state index contributed by atoms with van der Waals surface area (Å²) in [4.78, 5) is 10.3. The highest BCUT2D eigenvalue weighted by molar-refractivity contribution is 5.66. The predicted molar refractivity (Wildman–Crippen MR) is 176 cm³/mol. The fraction of sp³-hybridized carbons (Fsp3) is 0.972. The van der Waals surface area contributed by atoms with Crippen LogP contribution in [-0.4, -0.2) is 17.6 Å². The second-order valence-electron chi connectivity index (χ2n) is 12.2. The standard InChI is InChI=1S/C18H39N.C18H36O2/c1-2-3-4-5-6-7-8-9-10-11-12-13-14-15-16-17-18-19;1-2-3-4-5-6-7-8-9-10-11-12-13-14-15-16-17-18(19)20/h2-19H2,1H3;2-17H2,1H3,(H,19,20). The van der Waals surface area contributed by atoms with Gasteiger partial charge in [0.1, 0.15) is 0 Å². The van der Waals surface area contributed by atoms with Crippen molar-refractivity contribution in [3.63, 3.8) is 0 Å². The lowest BCUT2D eigenvalue weighted by Gasteiger charge is -2.03. The average molecular weight is 554 g/mol. The Morgan fingerprint density at radius 3 is 0.795 bits per heavy atom. The maximum Gasteiger partial charge on any atom is 0.303 e. The van der Waals surface area contributed by atoms with Crippen LogP contribution in [-0.2, 0) is 4.79 Å². The highest BCUT2D eigenvalue weighted by atomic mass is 16.4. The number of aliphatic carboxylic acids is 1. The Morgan fingerprint density at radius 2 is 0.590 bits per heavy atom. The molecule has 0 bridgehead atoms. The minimum Gasteiger partial charge on any atom is -0.481 e. The molecule has 0 saturated carbocycles. The Hall–Kier alpha value is -0.570. The van der Waals surface area contributed by atoms with Crippen LogP contribution in [0.25, 0.3) is 0 Å². The van der Waals surface area contributed by atoms with Crippen molar-refractivity contribution in [2.75, 3.05) is 6.54 Å². The first-order chi connectivity index (χ1) is 19.2. The van der Waals surface area contributed by atoms with Crippen molar-refractivity contribution in [1.82, 2.24) is 0 Å². The number of unbranched alkanes of at least 4 members (excludes halogenated alkanes) is 29. The van der Waals surface area contributed by atoms with E-state index in [0.717, 1.165) is 19.4 Å². The molecule has 0 aromatic rings. The molecule has 3 heteroatoms. The summed E-state index contributed by atoms with van der Waals surface area (Å²) >= 11 is 0. The minimum atomic E-state index is -0.653. The summed E-state index contributed by atoms with van der Waals surface area (Å²) < 4.78 is 0. The first kappa shape index (κ1) is 40.6. The van der Waals surface area contributed by atoms with Gasteiger partial charge in [-0.2, -0.15) is 0 Å². The molecule has 0 fully saturated rings. The average Bonchev–Trinajstić information content (AvgIpc) is 2.93. The zero-order valence-corrected chi connectivity index (χ0v) is 27.3. The van der Waals surface area contributed by atoms with Crippen molar-refractivity contribution in [3.05, 3.63) is 0 Å². The molecule has 0 unspecified atom stereocenters. The van der Waals surface area contributed by atoms with Crippen LogP contribution in [0.3, 0.4) is 0 Å². The summed E-state index contributed by atoms with van der Waals surface area (Å²) in [5.74, 6) is -0.653. The van der Waals surface area contributed by atoms with Gasteiger partial charge in [-0.05, 0) is 19.4 Å². The minimum absolute atomic E-state index is 0.345. The van der Waals surface area contributed by atoms with Gasteiger partial charge in [-0.3, -0.25) is 4.79 Å². The van der Waals surface area contributed by atoms with E-state index in [1.807, 2.05) is 0 Å². The first-order valence-electron chi connectivity index (χ1n) is 18.1. The molecule has 0 aromatic heterocycles. The quantitative estimate of drug-likeness (QED) is 0.0814. The summed E-state index contributed by atoms with van der Waals surface area (Å²) in [5.41, 5.74) is 5.48. The summed E-state index contributed by atoms with van der Waals surface area (Å²) in [6.45, 7) is 5.43. The van der Waals surface area contributed by atoms with E-state index in [9.17, 15) is 4.79 Å².